The number of halogens is 1. The predicted molar refractivity (Wildman–Crippen MR) is 107 cm³/mol. The lowest BCUT2D eigenvalue weighted by Gasteiger charge is -2.28. The molecule has 11 heteroatoms. The Morgan fingerprint density at radius 2 is 2.10 bits per heavy atom. The van der Waals surface area contributed by atoms with Gasteiger partial charge in [0.1, 0.15) is 12.2 Å². The second kappa shape index (κ2) is 9.22. The molecule has 166 valence electrons. The molecule has 3 N–H and O–H groups in total. The zero-order valence-electron chi connectivity index (χ0n) is 17.4. The summed E-state index contributed by atoms with van der Waals surface area (Å²) in [4.78, 5) is 25.3. The number of hydrogen-bond donors (Lipinski definition) is 3. The molecular weight excluding hydrogens is 404 g/mol. The molecule has 1 saturated heterocycles. The highest BCUT2D eigenvalue weighted by Crippen LogP contribution is 2.46. The fourth-order valence-electron chi connectivity index (χ4n) is 3.34. The average molecular weight is 435 g/mol. The summed E-state index contributed by atoms with van der Waals surface area (Å²) in [6.45, 7) is 8.49. The van der Waals surface area contributed by atoms with E-state index in [9.17, 15) is 19.3 Å². The number of hydrogen-bond acceptors (Lipinski definition) is 6. The summed E-state index contributed by atoms with van der Waals surface area (Å²) in [6, 6.07) is 1.04. The lowest BCUT2D eigenvalue weighted by molar-refractivity contribution is -0.0585. The zero-order chi connectivity index (χ0) is 22.0. The van der Waals surface area contributed by atoms with E-state index in [1.54, 1.807) is 6.92 Å². The van der Waals surface area contributed by atoms with Crippen molar-refractivity contribution in [2.45, 2.75) is 71.2 Å². The number of nitrogens with one attached hydrogen (secondary N) is 2. The molecule has 1 aromatic rings. The van der Waals surface area contributed by atoms with Gasteiger partial charge in [0.2, 0.25) is 0 Å². The van der Waals surface area contributed by atoms with Crippen molar-refractivity contribution in [3.05, 3.63) is 33.1 Å². The minimum absolute atomic E-state index is 0.0193. The molecule has 0 bridgehead atoms. The smallest absolute Gasteiger partial charge is 0.330 e. The van der Waals surface area contributed by atoms with Crippen LogP contribution in [0.1, 0.15) is 47.3 Å². The fourth-order valence-corrected chi connectivity index (χ4v) is 5.15. The standard InChI is InChI=1S/C18H31FN3O6P/c1-6-12(11(3)4)21-29(26,7-2)27-10-13-15(24)18(5,19)16(28-13)22-9-8-14(23)20-17(22)25/h8-9,11-13,15-16,24H,6-7,10H2,1-5H3,(H,21,26)(H,20,23,25)/t12-,13-,15-,16-,18-,29?/m1/s1. The number of ether oxygens (including phenoxy) is 1. The quantitative estimate of drug-likeness (QED) is 0.505. The maximum absolute atomic E-state index is 15.2. The summed E-state index contributed by atoms with van der Waals surface area (Å²) in [5.74, 6) is 0.238. The Hall–Kier alpha value is -1.32. The van der Waals surface area contributed by atoms with Crippen molar-refractivity contribution in [2.24, 2.45) is 5.92 Å². The maximum Gasteiger partial charge on any atom is 0.330 e. The minimum Gasteiger partial charge on any atom is -0.387 e. The van der Waals surface area contributed by atoms with Gasteiger partial charge in [0.15, 0.2) is 11.9 Å². The van der Waals surface area contributed by atoms with Gasteiger partial charge in [-0.3, -0.25) is 18.9 Å². The largest absolute Gasteiger partial charge is 0.387 e. The second-order valence-corrected chi connectivity index (χ2v) is 10.3. The van der Waals surface area contributed by atoms with E-state index < -0.39 is 42.9 Å². The van der Waals surface area contributed by atoms with Crippen LogP contribution in [0.5, 0.6) is 0 Å². The molecule has 1 aliphatic heterocycles. The summed E-state index contributed by atoms with van der Waals surface area (Å²) in [6.07, 6.45) is -2.16. The third kappa shape index (κ3) is 5.24. The summed E-state index contributed by atoms with van der Waals surface area (Å²) in [5.41, 5.74) is -3.82. The number of aromatic amines is 1. The summed E-state index contributed by atoms with van der Waals surface area (Å²) in [5, 5.41) is 13.5. The Morgan fingerprint density at radius 1 is 1.45 bits per heavy atom. The molecule has 0 amide bonds. The number of nitrogens with zero attached hydrogens (tertiary/aromatic N) is 1. The monoisotopic (exact) mass is 435 g/mol. The molecule has 2 rings (SSSR count). The molecule has 0 aliphatic carbocycles. The van der Waals surface area contributed by atoms with E-state index in [2.05, 4.69) is 5.09 Å². The molecule has 0 spiro atoms. The van der Waals surface area contributed by atoms with Crippen LogP contribution < -0.4 is 16.3 Å². The van der Waals surface area contributed by atoms with E-state index >= 15 is 4.39 Å². The molecule has 29 heavy (non-hydrogen) atoms. The van der Waals surface area contributed by atoms with Gasteiger partial charge in [0, 0.05) is 24.5 Å². The molecule has 1 aliphatic rings. The third-order valence-electron chi connectivity index (χ3n) is 5.29. The first kappa shape index (κ1) is 24.0. The third-order valence-corrected chi connectivity index (χ3v) is 7.42. The Kier molecular flexibility index (Phi) is 7.62. The summed E-state index contributed by atoms with van der Waals surface area (Å²) < 4.78 is 40.3. The van der Waals surface area contributed by atoms with Crippen molar-refractivity contribution >= 4 is 7.52 Å². The van der Waals surface area contributed by atoms with Gasteiger partial charge in [-0.1, -0.05) is 27.7 Å². The first-order chi connectivity index (χ1) is 13.4. The Balaban J connectivity index is 2.16. The molecule has 6 atom stereocenters. The van der Waals surface area contributed by atoms with E-state index in [0.717, 1.165) is 30.2 Å². The van der Waals surface area contributed by atoms with Crippen molar-refractivity contribution in [1.82, 2.24) is 14.6 Å². The number of aliphatic hydroxyl groups is 1. The minimum atomic E-state index is -3.23. The van der Waals surface area contributed by atoms with E-state index in [0.29, 0.717) is 0 Å². The Morgan fingerprint density at radius 3 is 2.62 bits per heavy atom. The van der Waals surface area contributed by atoms with Crippen LogP contribution in [0.4, 0.5) is 4.39 Å². The fraction of sp³-hybridized carbons (Fsp3) is 0.778. The van der Waals surface area contributed by atoms with Crippen molar-refractivity contribution in [2.75, 3.05) is 12.8 Å². The molecule has 9 nitrogen and oxygen atoms in total. The van der Waals surface area contributed by atoms with Crippen LogP contribution in [-0.4, -0.2) is 51.3 Å². The van der Waals surface area contributed by atoms with Gasteiger partial charge >= 0.3 is 5.69 Å². The summed E-state index contributed by atoms with van der Waals surface area (Å²) in [7, 11) is -3.23. The lowest BCUT2D eigenvalue weighted by Crippen LogP contribution is -2.43. The van der Waals surface area contributed by atoms with E-state index in [-0.39, 0.29) is 24.7 Å². The van der Waals surface area contributed by atoms with Crippen molar-refractivity contribution in [1.29, 1.82) is 0 Å². The number of rotatable bonds is 9. The first-order valence-corrected chi connectivity index (χ1v) is 11.6. The molecular formula is C18H31FN3O6P. The molecule has 0 radical (unpaired) electrons. The number of H-pyrrole nitrogens is 1. The molecule has 1 aromatic heterocycles. The number of aromatic nitrogens is 2. The van der Waals surface area contributed by atoms with Crippen LogP contribution >= 0.6 is 7.52 Å². The molecule has 1 unspecified atom stereocenters. The van der Waals surface area contributed by atoms with Gasteiger partial charge in [0.25, 0.3) is 13.1 Å². The molecule has 0 aromatic carbocycles. The van der Waals surface area contributed by atoms with Gasteiger partial charge in [-0.25, -0.2) is 14.3 Å². The highest BCUT2D eigenvalue weighted by Gasteiger charge is 2.55. The topological polar surface area (TPSA) is 123 Å². The Bertz CT molecular complexity index is 854. The van der Waals surface area contributed by atoms with E-state index in [1.807, 2.05) is 25.8 Å². The van der Waals surface area contributed by atoms with Crippen LogP contribution in [0, 0.1) is 5.92 Å². The predicted octanol–water partition coefficient (Wildman–Crippen LogP) is 1.78. The summed E-state index contributed by atoms with van der Waals surface area (Å²) >= 11 is 0. The SMILES string of the molecule is CC[C@@H](NP(=O)(CC)OC[C@H]1O[C@@H](n2ccc(=O)[nH]c2=O)[C@](C)(F)[C@@H]1O)C(C)C. The van der Waals surface area contributed by atoms with Crippen LogP contribution in [0.3, 0.4) is 0 Å². The van der Waals surface area contributed by atoms with Gasteiger partial charge in [-0.2, -0.15) is 0 Å². The zero-order valence-corrected chi connectivity index (χ0v) is 18.3. The average Bonchev–Trinajstić information content (AvgIpc) is 2.88. The number of aliphatic hydroxyl groups excluding tert-OH is 1. The molecule has 2 heterocycles. The Labute approximate surface area is 169 Å². The van der Waals surface area contributed by atoms with Crippen LogP contribution in [0.15, 0.2) is 21.9 Å². The maximum atomic E-state index is 15.2. The number of alkyl halides is 1. The van der Waals surface area contributed by atoms with Gasteiger partial charge < -0.3 is 14.4 Å². The van der Waals surface area contributed by atoms with Crippen molar-refractivity contribution in [3.63, 3.8) is 0 Å². The van der Waals surface area contributed by atoms with Gasteiger partial charge in [-0.05, 0) is 19.3 Å². The van der Waals surface area contributed by atoms with Gasteiger partial charge in [-0.15, -0.1) is 0 Å². The second-order valence-electron chi connectivity index (χ2n) is 7.81. The normalized spacial score (nSPS) is 30.4. The first-order valence-electron chi connectivity index (χ1n) is 9.80. The molecule has 0 saturated carbocycles. The highest BCUT2D eigenvalue weighted by atomic mass is 31.2. The lowest BCUT2D eigenvalue weighted by atomic mass is 9.98. The van der Waals surface area contributed by atoms with E-state index in [4.69, 9.17) is 9.26 Å². The van der Waals surface area contributed by atoms with Crippen LogP contribution in [0.25, 0.3) is 0 Å². The van der Waals surface area contributed by atoms with Gasteiger partial charge in [0.05, 0.1) is 6.61 Å². The van der Waals surface area contributed by atoms with Crippen LogP contribution in [-0.2, 0) is 13.8 Å². The van der Waals surface area contributed by atoms with Crippen LogP contribution in [0.2, 0.25) is 0 Å². The van der Waals surface area contributed by atoms with Crippen molar-refractivity contribution in [3.8, 4) is 0 Å². The molecule has 1 fully saturated rings. The highest BCUT2D eigenvalue weighted by molar-refractivity contribution is 7.56. The van der Waals surface area contributed by atoms with Crippen molar-refractivity contribution < 1.29 is 23.3 Å². The van der Waals surface area contributed by atoms with E-state index in [1.165, 1.54) is 0 Å².